The van der Waals surface area contributed by atoms with E-state index in [1.165, 1.54) is 0 Å². The normalized spacial score (nSPS) is 24.0. The SMILES string of the molecule is C[C@@H]1CNC[C@H]1C(=O)N(CCC(=O)O)C(C)(C)C. The fourth-order valence-electron chi connectivity index (χ4n) is 2.32. The van der Waals surface area contributed by atoms with Gasteiger partial charge in [-0.1, -0.05) is 6.92 Å². The number of carbonyl (C=O) groups excluding carboxylic acids is 1. The van der Waals surface area contributed by atoms with E-state index in [4.69, 9.17) is 5.11 Å². The molecular formula is C13H24N2O3. The molecule has 0 bridgehead atoms. The molecule has 1 aliphatic rings. The first-order valence-electron chi connectivity index (χ1n) is 6.47. The van der Waals surface area contributed by atoms with Crippen molar-refractivity contribution in [1.29, 1.82) is 0 Å². The topological polar surface area (TPSA) is 69.6 Å². The fourth-order valence-corrected chi connectivity index (χ4v) is 2.32. The molecular weight excluding hydrogens is 232 g/mol. The van der Waals surface area contributed by atoms with E-state index in [0.29, 0.717) is 12.5 Å². The Morgan fingerprint density at radius 2 is 1.94 bits per heavy atom. The Morgan fingerprint density at radius 3 is 2.33 bits per heavy atom. The number of hydrogen-bond acceptors (Lipinski definition) is 3. The van der Waals surface area contributed by atoms with Crippen LogP contribution in [0.15, 0.2) is 0 Å². The third-order valence-electron chi connectivity index (χ3n) is 3.46. The predicted octanol–water partition coefficient (Wildman–Crippen LogP) is 0.944. The number of carboxylic acid groups (broad SMARTS) is 1. The standard InChI is InChI=1S/C13H24N2O3/c1-9-7-14-8-10(9)12(18)15(13(2,3)4)6-5-11(16)17/h9-10,14H,5-8H2,1-4H3,(H,16,17)/t9-,10-/m1/s1. The Kier molecular flexibility index (Phi) is 4.73. The minimum absolute atomic E-state index is 0.00244. The average Bonchev–Trinajstić information content (AvgIpc) is 2.61. The molecule has 1 rings (SSSR count). The predicted molar refractivity (Wildman–Crippen MR) is 69.2 cm³/mol. The van der Waals surface area contributed by atoms with Gasteiger partial charge in [0.05, 0.1) is 12.3 Å². The van der Waals surface area contributed by atoms with Crippen LogP contribution in [0.2, 0.25) is 0 Å². The molecule has 0 spiro atoms. The molecule has 0 saturated carbocycles. The van der Waals surface area contributed by atoms with Crippen molar-refractivity contribution in [1.82, 2.24) is 10.2 Å². The zero-order valence-corrected chi connectivity index (χ0v) is 11.7. The molecule has 0 aromatic rings. The summed E-state index contributed by atoms with van der Waals surface area (Å²) >= 11 is 0. The largest absolute Gasteiger partial charge is 0.481 e. The lowest BCUT2D eigenvalue weighted by Gasteiger charge is -2.37. The van der Waals surface area contributed by atoms with Gasteiger partial charge < -0.3 is 15.3 Å². The summed E-state index contributed by atoms with van der Waals surface area (Å²) in [4.78, 5) is 24.9. The monoisotopic (exact) mass is 256 g/mol. The number of hydrogen-bond donors (Lipinski definition) is 2. The molecule has 0 aliphatic carbocycles. The van der Waals surface area contributed by atoms with Crippen molar-refractivity contribution in [2.45, 2.75) is 39.7 Å². The molecule has 1 aliphatic heterocycles. The first-order valence-corrected chi connectivity index (χ1v) is 6.47. The van der Waals surface area contributed by atoms with Crippen LogP contribution in [0.4, 0.5) is 0 Å². The molecule has 104 valence electrons. The Morgan fingerprint density at radius 1 is 1.33 bits per heavy atom. The highest BCUT2D eigenvalue weighted by Crippen LogP contribution is 2.23. The van der Waals surface area contributed by atoms with Crippen LogP contribution in [0.1, 0.15) is 34.1 Å². The second-order valence-electron chi connectivity index (χ2n) is 6.05. The summed E-state index contributed by atoms with van der Waals surface area (Å²) < 4.78 is 0. The van der Waals surface area contributed by atoms with Crippen molar-refractivity contribution in [3.8, 4) is 0 Å². The van der Waals surface area contributed by atoms with Crippen molar-refractivity contribution in [3.05, 3.63) is 0 Å². The van der Waals surface area contributed by atoms with Crippen LogP contribution in [0.25, 0.3) is 0 Å². The lowest BCUT2D eigenvalue weighted by atomic mass is 9.94. The third kappa shape index (κ3) is 3.70. The van der Waals surface area contributed by atoms with Crippen molar-refractivity contribution in [3.63, 3.8) is 0 Å². The molecule has 1 amide bonds. The first kappa shape index (κ1) is 15.0. The minimum Gasteiger partial charge on any atom is -0.481 e. The Balaban J connectivity index is 2.76. The van der Waals surface area contributed by atoms with Gasteiger partial charge >= 0.3 is 5.97 Å². The van der Waals surface area contributed by atoms with Crippen molar-refractivity contribution in [2.24, 2.45) is 11.8 Å². The molecule has 0 aromatic carbocycles. The molecule has 2 N–H and O–H groups in total. The third-order valence-corrected chi connectivity index (χ3v) is 3.46. The number of nitrogens with zero attached hydrogens (tertiary/aromatic N) is 1. The average molecular weight is 256 g/mol. The van der Waals surface area contributed by atoms with E-state index in [-0.39, 0.29) is 30.3 Å². The van der Waals surface area contributed by atoms with Gasteiger partial charge in [-0.05, 0) is 33.2 Å². The van der Waals surface area contributed by atoms with Gasteiger partial charge in [-0.15, -0.1) is 0 Å². The quantitative estimate of drug-likeness (QED) is 0.785. The van der Waals surface area contributed by atoms with Gasteiger partial charge in [0.2, 0.25) is 5.91 Å². The van der Waals surface area contributed by atoms with E-state index in [1.54, 1.807) is 4.90 Å². The molecule has 0 unspecified atom stereocenters. The number of nitrogens with one attached hydrogen (secondary N) is 1. The Labute approximate surface area is 109 Å². The fraction of sp³-hybridized carbons (Fsp3) is 0.846. The molecule has 5 heteroatoms. The summed E-state index contributed by atoms with van der Waals surface area (Å²) in [5.74, 6) is -0.513. The van der Waals surface area contributed by atoms with Crippen LogP contribution >= 0.6 is 0 Å². The number of rotatable bonds is 4. The Hall–Kier alpha value is -1.10. The maximum absolute atomic E-state index is 12.5. The van der Waals surface area contributed by atoms with Gasteiger partial charge in [-0.2, -0.15) is 0 Å². The Bertz CT molecular complexity index is 323. The van der Waals surface area contributed by atoms with Gasteiger partial charge in [0.1, 0.15) is 0 Å². The van der Waals surface area contributed by atoms with Gasteiger partial charge in [0.25, 0.3) is 0 Å². The highest BCUT2D eigenvalue weighted by Gasteiger charge is 2.36. The molecule has 1 saturated heterocycles. The highest BCUT2D eigenvalue weighted by molar-refractivity contribution is 5.81. The second-order valence-corrected chi connectivity index (χ2v) is 6.05. The summed E-state index contributed by atoms with van der Waals surface area (Å²) in [7, 11) is 0. The highest BCUT2D eigenvalue weighted by atomic mass is 16.4. The zero-order chi connectivity index (χ0) is 13.9. The molecule has 5 nitrogen and oxygen atoms in total. The summed E-state index contributed by atoms with van der Waals surface area (Å²) in [6.45, 7) is 9.72. The first-order chi connectivity index (χ1) is 8.23. The smallest absolute Gasteiger partial charge is 0.305 e. The van der Waals surface area contributed by atoms with E-state index in [1.807, 2.05) is 20.8 Å². The maximum atomic E-state index is 12.5. The van der Waals surface area contributed by atoms with E-state index in [2.05, 4.69) is 12.2 Å². The van der Waals surface area contributed by atoms with Crippen molar-refractivity contribution >= 4 is 11.9 Å². The zero-order valence-electron chi connectivity index (χ0n) is 11.7. The summed E-state index contributed by atoms with van der Waals surface area (Å²) in [6.07, 6.45) is -0.00244. The molecule has 1 fully saturated rings. The van der Waals surface area contributed by atoms with Gasteiger partial charge in [-0.25, -0.2) is 0 Å². The van der Waals surface area contributed by atoms with Gasteiger partial charge in [0.15, 0.2) is 0 Å². The second kappa shape index (κ2) is 5.69. The van der Waals surface area contributed by atoms with Crippen molar-refractivity contribution in [2.75, 3.05) is 19.6 Å². The molecule has 0 radical (unpaired) electrons. The van der Waals surface area contributed by atoms with E-state index in [9.17, 15) is 9.59 Å². The molecule has 1 heterocycles. The van der Waals surface area contributed by atoms with Gasteiger partial charge in [0, 0.05) is 18.6 Å². The summed E-state index contributed by atoms with van der Waals surface area (Å²) in [5.41, 5.74) is -0.338. The van der Waals surface area contributed by atoms with Crippen LogP contribution in [0.5, 0.6) is 0 Å². The van der Waals surface area contributed by atoms with Crippen LogP contribution in [-0.4, -0.2) is 47.1 Å². The lowest BCUT2D eigenvalue weighted by molar-refractivity contribution is -0.143. The summed E-state index contributed by atoms with van der Waals surface area (Å²) in [5, 5.41) is 12.0. The molecule has 2 atom stereocenters. The number of carboxylic acids is 1. The number of aliphatic carboxylic acids is 1. The van der Waals surface area contributed by atoms with Crippen LogP contribution in [0, 0.1) is 11.8 Å². The van der Waals surface area contributed by atoms with E-state index in [0.717, 1.165) is 6.54 Å². The van der Waals surface area contributed by atoms with E-state index >= 15 is 0 Å². The van der Waals surface area contributed by atoms with E-state index < -0.39 is 5.97 Å². The lowest BCUT2D eigenvalue weighted by Crippen LogP contribution is -2.50. The summed E-state index contributed by atoms with van der Waals surface area (Å²) in [6, 6.07) is 0. The number of amides is 1. The number of carbonyl (C=O) groups is 2. The van der Waals surface area contributed by atoms with Crippen LogP contribution < -0.4 is 5.32 Å². The van der Waals surface area contributed by atoms with Gasteiger partial charge in [-0.3, -0.25) is 9.59 Å². The molecule has 18 heavy (non-hydrogen) atoms. The minimum atomic E-state index is -0.866. The van der Waals surface area contributed by atoms with Crippen LogP contribution in [0.3, 0.4) is 0 Å². The molecule has 0 aromatic heterocycles. The van der Waals surface area contributed by atoms with Crippen molar-refractivity contribution < 1.29 is 14.7 Å². The maximum Gasteiger partial charge on any atom is 0.305 e. The van der Waals surface area contributed by atoms with Crippen LogP contribution in [-0.2, 0) is 9.59 Å².